The standard InChI is InChI=1S/C18H14N4OS/c23-18(17-6-3-11-24-17)19-14-9-7-13(8-10-14)12-22-16-5-2-1-4-15(16)20-21-22/h1-11H,12H2,(H,19,23). The summed E-state index contributed by atoms with van der Waals surface area (Å²) in [5.41, 5.74) is 3.77. The van der Waals surface area contributed by atoms with Crippen molar-refractivity contribution in [2.24, 2.45) is 0 Å². The van der Waals surface area contributed by atoms with Gasteiger partial charge in [-0.15, -0.1) is 16.4 Å². The topological polar surface area (TPSA) is 59.8 Å². The lowest BCUT2D eigenvalue weighted by Gasteiger charge is -2.06. The number of nitrogens with zero attached hydrogens (tertiary/aromatic N) is 3. The van der Waals surface area contributed by atoms with Crippen molar-refractivity contribution in [1.82, 2.24) is 15.0 Å². The Balaban J connectivity index is 1.49. The summed E-state index contributed by atoms with van der Waals surface area (Å²) in [7, 11) is 0. The SMILES string of the molecule is O=C(Nc1ccc(Cn2nnc3ccccc32)cc1)c1cccs1. The molecule has 0 fully saturated rings. The molecular formula is C18H14N4OS. The second kappa shape index (κ2) is 6.25. The summed E-state index contributed by atoms with van der Waals surface area (Å²) in [6, 6.07) is 19.3. The average Bonchev–Trinajstić information content (AvgIpc) is 3.27. The molecule has 4 aromatic rings. The molecule has 2 aromatic carbocycles. The molecule has 4 rings (SSSR count). The molecule has 118 valence electrons. The summed E-state index contributed by atoms with van der Waals surface area (Å²) in [5, 5.41) is 13.1. The Morgan fingerprint density at radius 1 is 1.04 bits per heavy atom. The maximum absolute atomic E-state index is 12.0. The van der Waals surface area contributed by atoms with Crippen LogP contribution in [0.5, 0.6) is 0 Å². The van der Waals surface area contributed by atoms with E-state index in [1.165, 1.54) is 11.3 Å². The first-order valence-electron chi connectivity index (χ1n) is 7.52. The zero-order chi connectivity index (χ0) is 16.4. The molecule has 0 bridgehead atoms. The predicted octanol–water partition coefficient (Wildman–Crippen LogP) is 3.79. The lowest BCUT2D eigenvalue weighted by atomic mass is 10.2. The van der Waals surface area contributed by atoms with Crippen LogP contribution in [0.1, 0.15) is 15.2 Å². The molecular weight excluding hydrogens is 320 g/mol. The Labute approximate surface area is 142 Å². The molecule has 0 spiro atoms. The number of aromatic nitrogens is 3. The van der Waals surface area contributed by atoms with Gasteiger partial charge in [0.2, 0.25) is 0 Å². The van der Waals surface area contributed by atoms with Gasteiger partial charge in [-0.3, -0.25) is 4.79 Å². The fourth-order valence-electron chi connectivity index (χ4n) is 2.50. The van der Waals surface area contributed by atoms with Gasteiger partial charge in [0.1, 0.15) is 5.52 Å². The van der Waals surface area contributed by atoms with Crippen LogP contribution in [0.25, 0.3) is 11.0 Å². The van der Waals surface area contributed by atoms with Crippen LogP contribution in [-0.4, -0.2) is 20.9 Å². The maximum atomic E-state index is 12.0. The third-order valence-corrected chi connectivity index (χ3v) is 4.58. The highest BCUT2D eigenvalue weighted by atomic mass is 32.1. The molecule has 1 N–H and O–H groups in total. The second-order valence-corrected chi connectivity index (χ2v) is 6.31. The summed E-state index contributed by atoms with van der Waals surface area (Å²) in [6.45, 7) is 0.639. The number of anilines is 1. The number of amides is 1. The number of thiophene rings is 1. The van der Waals surface area contributed by atoms with Crippen molar-refractivity contribution in [2.45, 2.75) is 6.54 Å². The molecule has 24 heavy (non-hydrogen) atoms. The number of benzene rings is 2. The minimum atomic E-state index is -0.0833. The number of fused-ring (bicyclic) bond motifs is 1. The van der Waals surface area contributed by atoms with E-state index >= 15 is 0 Å². The summed E-state index contributed by atoms with van der Waals surface area (Å²) < 4.78 is 1.87. The van der Waals surface area contributed by atoms with E-state index in [2.05, 4.69) is 15.6 Å². The Bertz CT molecular complexity index is 974. The predicted molar refractivity (Wildman–Crippen MR) is 95.3 cm³/mol. The molecule has 2 aromatic heterocycles. The molecule has 2 heterocycles. The third-order valence-electron chi connectivity index (χ3n) is 3.71. The quantitative estimate of drug-likeness (QED) is 0.617. The smallest absolute Gasteiger partial charge is 0.265 e. The minimum absolute atomic E-state index is 0.0833. The monoisotopic (exact) mass is 334 g/mol. The van der Waals surface area contributed by atoms with Crippen molar-refractivity contribution in [1.29, 1.82) is 0 Å². The van der Waals surface area contributed by atoms with Crippen LogP contribution in [0.15, 0.2) is 66.0 Å². The molecule has 6 heteroatoms. The van der Waals surface area contributed by atoms with Crippen LogP contribution in [0.3, 0.4) is 0 Å². The van der Waals surface area contributed by atoms with Crippen molar-refractivity contribution in [3.05, 3.63) is 76.5 Å². The Morgan fingerprint density at radius 2 is 1.88 bits per heavy atom. The van der Waals surface area contributed by atoms with E-state index in [9.17, 15) is 4.79 Å². The van der Waals surface area contributed by atoms with Gasteiger partial charge in [0.25, 0.3) is 5.91 Å². The van der Waals surface area contributed by atoms with Crippen molar-refractivity contribution < 1.29 is 4.79 Å². The summed E-state index contributed by atoms with van der Waals surface area (Å²) in [5.74, 6) is -0.0833. The van der Waals surface area contributed by atoms with Gasteiger partial charge in [0.05, 0.1) is 16.9 Å². The molecule has 0 aliphatic rings. The van der Waals surface area contributed by atoms with Crippen LogP contribution in [0.4, 0.5) is 5.69 Å². The van der Waals surface area contributed by atoms with Crippen LogP contribution in [0, 0.1) is 0 Å². The van der Waals surface area contributed by atoms with Gasteiger partial charge >= 0.3 is 0 Å². The van der Waals surface area contributed by atoms with Gasteiger partial charge in [-0.25, -0.2) is 4.68 Å². The first-order chi connectivity index (χ1) is 11.8. The molecule has 0 unspecified atom stereocenters. The zero-order valence-corrected chi connectivity index (χ0v) is 13.5. The van der Waals surface area contributed by atoms with Crippen molar-refractivity contribution in [2.75, 3.05) is 5.32 Å². The van der Waals surface area contributed by atoms with Gasteiger partial charge < -0.3 is 5.32 Å². The lowest BCUT2D eigenvalue weighted by molar-refractivity contribution is 0.103. The number of carbonyl (C=O) groups is 1. The van der Waals surface area contributed by atoms with E-state index in [0.29, 0.717) is 11.4 Å². The molecule has 1 amide bonds. The summed E-state index contributed by atoms with van der Waals surface area (Å²) in [6.07, 6.45) is 0. The van der Waals surface area contributed by atoms with Crippen LogP contribution >= 0.6 is 11.3 Å². The molecule has 0 saturated heterocycles. The van der Waals surface area contributed by atoms with E-state index in [4.69, 9.17) is 0 Å². The first kappa shape index (κ1) is 14.6. The number of para-hydroxylation sites is 1. The van der Waals surface area contributed by atoms with E-state index < -0.39 is 0 Å². The average molecular weight is 334 g/mol. The maximum Gasteiger partial charge on any atom is 0.265 e. The van der Waals surface area contributed by atoms with Crippen LogP contribution in [-0.2, 0) is 6.54 Å². The first-order valence-corrected chi connectivity index (χ1v) is 8.39. The van der Waals surface area contributed by atoms with E-state index in [1.807, 2.05) is 70.7 Å². The number of rotatable bonds is 4. The van der Waals surface area contributed by atoms with Gasteiger partial charge in [-0.1, -0.05) is 35.5 Å². The number of hydrogen-bond donors (Lipinski definition) is 1. The van der Waals surface area contributed by atoms with Crippen molar-refractivity contribution in [3.8, 4) is 0 Å². The van der Waals surface area contributed by atoms with Crippen molar-refractivity contribution >= 4 is 34.0 Å². The molecule has 5 nitrogen and oxygen atoms in total. The highest BCUT2D eigenvalue weighted by Gasteiger charge is 2.07. The lowest BCUT2D eigenvalue weighted by Crippen LogP contribution is -2.10. The molecule has 0 saturated carbocycles. The van der Waals surface area contributed by atoms with Crippen LogP contribution < -0.4 is 5.32 Å². The second-order valence-electron chi connectivity index (χ2n) is 5.36. The van der Waals surface area contributed by atoms with E-state index in [0.717, 1.165) is 22.3 Å². The highest BCUT2D eigenvalue weighted by Crippen LogP contribution is 2.16. The molecule has 0 radical (unpaired) electrons. The fraction of sp³-hybridized carbons (Fsp3) is 0.0556. The summed E-state index contributed by atoms with van der Waals surface area (Å²) >= 11 is 1.43. The molecule has 0 aliphatic heterocycles. The van der Waals surface area contributed by atoms with E-state index in [1.54, 1.807) is 0 Å². The van der Waals surface area contributed by atoms with Gasteiger partial charge in [-0.05, 0) is 41.3 Å². The van der Waals surface area contributed by atoms with Gasteiger partial charge in [0.15, 0.2) is 0 Å². The Morgan fingerprint density at radius 3 is 2.67 bits per heavy atom. The zero-order valence-electron chi connectivity index (χ0n) is 12.7. The number of nitrogens with one attached hydrogen (secondary N) is 1. The highest BCUT2D eigenvalue weighted by molar-refractivity contribution is 7.12. The largest absolute Gasteiger partial charge is 0.321 e. The molecule has 0 atom stereocenters. The minimum Gasteiger partial charge on any atom is -0.321 e. The van der Waals surface area contributed by atoms with E-state index in [-0.39, 0.29) is 5.91 Å². The number of hydrogen-bond acceptors (Lipinski definition) is 4. The number of carbonyl (C=O) groups excluding carboxylic acids is 1. The van der Waals surface area contributed by atoms with Gasteiger partial charge in [0, 0.05) is 5.69 Å². The van der Waals surface area contributed by atoms with Crippen molar-refractivity contribution in [3.63, 3.8) is 0 Å². The normalized spacial score (nSPS) is 10.8. The fourth-order valence-corrected chi connectivity index (χ4v) is 3.12. The molecule has 0 aliphatic carbocycles. The van der Waals surface area contributed by atoms with Crippen LogP contribution in [0.2, 0.25) is 0 Å². The summed E-state index contributed by atoms with van der Waals surface area (Å²) in [4.78, 5) is 12.7. The third kappa shape index (κ3) is 2.91. The Hall–Kier alpha value is -2.99. The Kier molecular flexibility index (Phi) is 3.80. The van der Waals surface area contributed by atoms with Gasteiger partial charge in [-0.2, -0.15) is 0 Å².